The number of hydrogen-bond donors (Lipinski definition) is 5. The minimum atomic E-state index is -1.20. The van der Waals surface area contributed by atoms with Crippen molar-refractivity contribution in [3.05, 3.63) is 33.0 Å². The summed E-state index contributed by atoms with van der Waals surface area (Å²) in [6.07, 6.45) is 0.00753. The molecule has 0 bridgehead atoms. The monoisotopic (exact) mass is 521 g/mol. The predicted octanol–water partition coefficient (Wildman–Crippen LogP) is -1.40. The third-order valence-electron chi connectivity index (χ3n) is 4.95. The standard InChI is InChI=1S/C17H19N7O5S3.Na.H/c1-23-9(3-25)21-22-17(23)32-5-7-4-30-14-11(13(27)24(14)12(7)15(28)29)20-10(26)2-8-6-31-16(18)19-8;;/h6,11,14,25H,2-5H2,1H3,(H2,18,19)(H,20,26)(H,28,29);;/t11?,14-;;/m1../s1. The van der Waals surface area contributed by atoms with Gasteiger partial charge in [-0.1, -0.05) is 11.8 Å². The maximum atomic E-state index is 12.7. The van der Waals surface area contributed by atoms with Crippen molar-refractivity contribution in [3.8, 4) is 0 Å². The molecule has 1 fully saturated rings. The fourth-order valence-corrected chi connectivity index (χ4v) is 6.38. The van der Waals surface area contributed by atoms with E-state index >= 15 is 0 Å². The molecule has 12 nitrogen and oxygen atoms in total. The molecule has 4 heterocycles. The number of nitrogens with zero attached hydrogens (tertiary/aromatic N) is 4. The van der Waals surface area contributed by atoms with Crippen molar-refractivity contribution in [2.24, 2.45) is 7.05 Å². The van der Waals surface area contributed by atoms with Gasteiger partial charge in [-0.3, -0.25) is 19.9 Å². The van der Waals surface area contributed by atoms with Gasteiger partial charge in [-0.05, 0) is 5.57 Å². The number of aromatic amines is 1. The van der Waals surface area contributed by atoms with E-state index in [0.29, 0.717) is 33.8 Å². The first-order chi connectivity index (χ1) is 15.3. The molecule has 0 aliphatic carbocycles. The van der Waals surface area contributed by atoms with Gasteiger partial charge in [0.2, 0.25) is 5.91 Å². The van der Waals surface area contributed by atoms with Crippen LogP contribution in [0.1, 0.15) is 11.5 Å². The molecule has 2 aromatic heterocycles. The van der Waals surface area contributed by atoms with E-state index in [0.717, 1.165) is 0 Å². The van der Waals surface area contributed by atoms with Crippen molar-refractivity contribution < 1.29 is 24.6 Å². The summed E-state index contributed by atoms with van der Waals surface area (Å²) >= 11 is 3.84. The zero-order chi connectivity index (χ0) is 23.0. The summed E-state index contributed by atoms with van der Waals surface area (Å²) in [5.74, 6) is -0.958. The van der Waals surface area contributed by atoms with E-state index in [1.165, 1.54) is 39.8 Å². The molecule has 1 saturated heterocycles. The first-order valence-corrected chi connectivity index (χ1v) is 12.2. The maximum absolute atomic E-state index is 12.7. The number of nitrogens with one attached hydrogen (secondary N) is 3. The second-order valence-electron chi connectivity index (χ2n) is 7.01. The van der Waals surface area contributed by atoms with Crippen LogP contribution in [0.2, 0.25) is 0 Å². The van der Waals surface area contributed by atoms with Crippen LogP contribution < -0.4 is 10.1 Å². The van der Waals surface area contributed by atoms with Gasteiger partial charge in [0.1, 0.15) is 23.7 Å². The van der Waals surface area contributed by atoms with Crippen LogP contribution in [0.15, 0.2) is 21.8 Å². The van der Waals surface area contributed by atoms with Crippen LogP contribution in [-0.4, -0.2) is 105 Å². The molecule has 2 aliphatic rings. The molecule has 2 atom stereocenters. The van der Waals surface area contributed by atoms with Gasteiger partial charge in [0.25, 0.3) is 5.91 Å². The number of amides is 2. The van der Waals surface area contributed by atoms with Gasteiger partial charge in [0.05, 0.1) is 6.42 Å². The van der Waals surface area contributed by atoms with E-state index in [2.05, 4.69) is 20.5 Å². The molecule has 0 saturated carbocycles. The third kappa shape index (κ3) is 5.23. The van der Waals surface area contributed by atoms with Crippen LogP contribution in [0, 0.1) is 5.41 Å². The number of carboxylic acid groups (broad SMARTS) is 1. The average Bonchev–Trinajstić information content (AvgIpc) is 3.33. The number of aliphatic hydroxyl groups is 1. The molecular formula is C17H20N7NaO5S3. The molecular weight excluding hydrogens is 501 g/mol. The van der Waals surface area contributed by atoms with Crippen LogP contribution >= 0.6 is 34.9 Å². The Morgan fingerprint density at radius 3 is 2.79 bits per heavy atom. The summed E-state index contributed by atoms with van der Waals surface area (Å²) < 4.78 is 1.62. The number of aliphatic carboxylic acids is 1. The Morgan fingerprint density at radius 2 is 2.18 bits per heavy atom. The van der Waals surface area contributed by atoms with Gasteiger partial charge < -0.3 is 25.1 Å². The van der Waals surface area contributed by atoms with Gasteiger partial charge in [-0.2, -0.15) is 0 Å². The number of β-lactam (4-membered cyclic amide) rings is 1. The van der Waals surface area contributed by atoms with E-state index in [1.807, 2.05) is 0 Å². The van der Waals surface area contributed by atoms with Gasteiger partial charge in [0, 0.05) is 29.6 Å². The van der Waals surface area contributed by atoms with E-state index in [-0.39, 0.29) is 59.0 Å². The molecule has 0 aromatic carbocycles. The zero-order valence-corrected chi connectivity index (χ0v) is 19.1. The number of hydrogen-bond acceptors (Lipinski definition) is 10. The Kier molecular flexibility index (Phi) is 8.47. The summed E-state index contributed by atoms with van der Waals surface area (Å²) in [4.78, 5) is 41.2. The molecule has 2 aromatic rings. The summed E-state index contributed by atoms with van der Waals surface area (Å²) in [7, 11) is 1.71. The van der Waals surface area contributed by atoms with Crippen LogP contribution in [0.3, 0.4) is 0 Å². The predicted molar refractivity (Wildman–Crippen MR) is 123 cm³/mol. The second-order valence-corrected chi connectivity index (χ2v) is 9.94. The normalized spacial score (nSPS) is 19.6. The fourth-order valence-electron chi connectivity index (χ4n) is 3.37. The Hall–Kier alpha value is -1.62. The molecule has 33 heavy (non-hydrogen) atoms. The van der Waals surface area contributed by atoms with Crippen LogP contribution in [0.25, 0.3) is 0 Å². The molecule has 5 N–H and O–H groups in total. The Morgan fingerprint density at radius 1 is 1.42 bits per heavy atom. The van der Waals surface area contributed by atoms with E-state index in [4.69, 9.17) is 5.41 Å². The molecule has 0 spiro atoms. The minimum absolute atomic E-state index is 0. The zero-order valence-electron chi connectivity index (χ0n) is 16.7. The quantitative estimate of drug-likeness (QED) is 0.159. The SMILES string of the molecule is Cn1c(CO)nnc1SCC1=C(C(=O)O)N2C(=O)C(NC(=O)Cc3csc(=N)[nH]3)[C@H]2SC1.[NaH]. The number of aromatic nitrogens is 4. The van der Waals surface area contributed by atoms with Crippen molar-refractivity contribution >= 4 is 82.2 Å². The van der Waals surface area contributed by atoms with E-state index in [1.54, 1.807) is 17.0 Å². The Labute approximate surface area is 222 Å². The number of fused-ring (bicyclic) bond motifs is 1. The summed E-state index contributed by atoms with van der Waals surface area (Å²) in [6, 6.07) is -0.795. The number of carboxylic acids is 1. The van der Waals surface area contributed by atoms with Gasteiger partial charge >= 0.3 is 35.5 Å². The molecule has 0 radical (unpaired) electrons. The molecule has 2 amide bonds. The van der Waals surface area contributed by atoms with Crippen LogP contribution in [0.5, 0.6) is 0 Å². The molecule has 4 rings (SSSR count). The van der Waals surface area contributed by atoms with Gasteiger partial charge in [-0.25, -0.2) is 4.79 Å². The number of aliphatic hydroxyl groups excluding tert-OH is 1. The van der Waals surface area contributed by atoms with Crippen LogP contribution in [-0.2, 0) is 34.5 Å². The van der Waals surface area contributed by atoms with Crippen LogP contribution in [0.4, 0.5) is 0 Å². The topological polar surface area (TPSA) is 177 Å². The average molecular weight is 522 g/mol. The molecule has 16 heteroatoms. The number of thiazole rings is 1. The molecule has 1 unspecified atom stereocenters. The first kappa shape index (κ1) is 26.0. The van der Waals surface area contributed by atoms with Crippen molar-refractivity contribution in [1.29, 1.82) is 5.41 Å². The Bertz CT molecular complexity index is 1180. The molecule has 172 valence electrons. The van der Waals surface area contributed by atoms with Gasteiger partial charge in [-0.15, -0.1) is 33.3 Å². The summed E-state index contributed by atoms with van der Waals surface area (Å²) in [5, 5.41) is 38.7. The number of thioether (sulfide) groups is 2. The summed E-state index contributed by atoms with van der Waals surface area (Å²) in [6.45, 7) is -0.255. The molecule has 2 aliphatic heterocycles. The van der Waals surface area contributed by atoms with E-state index < -0.39 is 23.3 Å². The number of carbonyl (C=O) groups excluding carboxylic acids is 2. The number of carbonyl (C=O) groups is 3. The van der Waals surface area contributed by atoms with Crippen molar-refractivity contribution in [2.75, 3.05) is 11.5 Å². The Balaban J connectivity index is 0.00000306. The number of rotatable bonds is 8. The van der Waals surface area contributed by atoms with E-state index in [9.17, 15) is 24.6 Å². The second kappa shape index (κ2) is 10.8. The first-order valence-electron chi connectivity index (χ1n) is 9.32. The van der Waals surface area contributed by atoms with Gasteiger partial charge in [0.15, 0.2) is 15.8 Å². The van der Waals surface area contributed by atoms with Crippen molar-refractivity contribution in [2.45, 2.75) is 29.6 Å². The number of H-pyrrole nitrogens is 1. The van der Waals surface area contributed by atoms with Crippen molar-refractivity contribution in [1.82, 2.24) is 30.0 Å². The fraction of sp³-hybridized carbons (Fsp3) is 0.412. The van der Waals surface area contributed by atoms with Crippen molar-refractivity contribution in [3.63, 3.8) is 0 Å². The third-order valence-corrected chi connectivity index (χ3v) is 8.14. The summed E-state index contributed by atoms with van der Waals surface area (Å²) in [5.41, 5.74) is 1.09.